The van der Waals surface area contributed by atoms with E-state index in [0.717, 1.165) is 0 Å². The summed E-state index contributed by atoms with van der Waals surface area (Å²) in [6.45, 7) is 0.702. The highest BCUT2D eigenvalue weighted by Crippen LogP contribution is 2.05. The Labute approximate surface area is 115 Å². The van der Waals surface area contributed by atoms with Gasteiger partial charge in [0, 0.05) is 25.1 Å². The van der Waals surface area contributed by atoms with Gasteiger partial charge < -0.3 is 10.4 Å². The van der Waals surface area contributed by atoms with Crippen LogP contribution in [-0.4, -0.2) is 44.1 Å². The van der Waals surface area contributed by atoms with Gasteiger partial charge in [-0.1, -0.05) is 17.1 Å². The molecular formula is C13H13N5O2. The van der Waals surface area contributed by atoms with Crippen LogP contribution in [-0.2, 0) is 6.54 Å². The van der Waals surface area contributed by atoms with Crippen LogP contribution in [0.1, 0.15) is 15.9 Å². The number of hydrogen-bond acceptors (Lipinski definition) is 5. The van der Waals surface area contributed by atoms with Crippen molar-refractivity contribution in [2.75, 3.05) is 13.2 Å². The van der Waals surface area contributed by atoms with Gasteiger partial charge in [0.15, 0.2) is 0 Å². The zero-order valence-corrected chi connectivity index (χ0v) is 10.7. The molecule has 0 atom stereocenters. The number of nitrogens with one attached hydrogen (secondary N) is 1. The van der Waals surface area contributed by atoms with Gasteiger partial charge in [-0.2, -0.15) is 0 Å². The molecule has 7 heteroatoms. The smallest absolute Gasteiger partial charge is 0.252 e. The minimum atomic E-state index is -0.262. The molecule has 0 saturated heterocycles. The zero-order valence-electron chi connectivity index (χ0n) is 10.7. The molecule has 2 aromatic rings. The lowest BCUT2D eigenvalue weighted by Gasteiger charge is -2.06. The van der Waals surface area contributed by atoms with Gasteiger partial charge in [-0.05, 0) is 6.07 Å². The summed E-state index contributed by atoms with van der Waals surface area (Å²) in [5.41, 5.74) is 0.916. The van der Waals surface area contributed by atoms with E-state index in [1.54, 1.807) is 23.1 Å². The van der Waals surface area contributed by atoms with Crippen LogP contribution in [0.2, 0.25) is 0 Å². The van der Waals surface area contributed by atoms with Crippen molar-refractivity contribution in [1.82, 2.24) is 25.3 Å². The molecule has 0 aliphatic carbocycles. The van der Waals surface area contributed by atoms with Crippen LogP contribution < -0.4 is 5.32 Å². The Kier molecular flexibility index (Phi) is 4.81. The molecule has 20 heavy (non-hydrogen) atoms. The number of carbonyl (C=O) groups is 1. The van der Waals surface area contributed by atoms with Crippen molar-refractivity contribution in [3.8, 4) is 11.8 Å². The van der Waals surface area contributed by atoms with Crippen molar-refractivity contribution >= 4 is 5.91 Å². The third kappa shape index (κ3) is 3.63. The molecule has 0 unspecified atom stereocenters. The predicted octanol–water partition coefficient (Wildman–Crippen LogP) is -0.553. The van der Waals surface area contributed by atoms with Crippen molar-refractivity contribution in [1.29, 1.82) is 0 Å². The summed E-state index contributed by atoms with van der Waals surface area (Å²) in [4.78, 5) is 16.0. The van der Waals surface area contributed by atoms with Crippen LogP contribution in [0, 0.1) is 11.8 Å². The standard InChI is InChI=1S/C13H13N5O2/c19-9-1-2-11-10-14-4-3-12(11)13(20)15-5-7-18-8-6-16-17-18/h3-4,6,8,10,19H,5,7,9H2,(H,15,20). The van der Waals surface area contributed by atoms with Crippen molar-refractivity contribution in [3.63, 3.8) is 0 Å². The molecule has 1 amide bonds. The Hall–Kier alpha value is -2.72. The van der Waals surface area contributed by atoms with Crippen LogP contribution in [0.4, 0.5) is 0 Å². The van der Waals surface area contributed by atoms with E-state index in [1.165, 1.54) is 12.4 Å². The first-order valence-corrected chi connectivity index (χ1v) is 5.97. The van der Waals surface area contributed by atoms with E-state index >= 15 is 0 Å². The summed E-state index contributed by atoms with van der Waals surface area (Å²) in [7, 11) is 0. The fraction of sp³-hybridized carbons (Fsp3) is 0.231. The molecule has 2 rings (SSSR count). The summed E-state index contributed by atoms with van der Waals surface area (Å²) in [6.07, 6.45) is 6.31. The highest BCUT2D eigenvalue weighted by molar-refractivity contribution is 5.96. The van der Waals surface area contributed by atoms with E-state index < -0.39 is 0 Å². The average Bonchev–Trinajstić information content (AvgIpc) is 2.98. The molecule has 7 nitrogen and oxygen atoms in total. The summed E-state index contributed by atoms with van der Waals surface area (Å²) in [5, 5.41) is 18.9. The number of rotatable bonds is 4. The number of pyridine rings is 1. The summed E-state index contributed by atoms with van der Waals surface area (Å²) in [5.74, 6) is 4.96. The maximum absolute atomic E-state index is 12.0. The van der Waals surface area contributed by atoms with Crippen LogP contribution in [0.3, 0.4) is 0 Å². The fourth-order valence-electron chi connectivity index (χ4n) is 1.56. The molecule has 0 saturated carbocycles. The lowest BCUT2D eigenvalue weighted by molar-refractivity contribution is 0.0951. The van der Waals surface area contributed by atoms with Crippen LogP contribution in [0.5, 0.6) is 0 Å². The van der Waals surface area contributed by atoms with Crippen LogP contribution in [0.25, 0.3) is 0 Å². The minimum absolute atomic E-state index is 0.241. The van der Waals surface area contributed by atoms with Gasteiger partial charge in [0.1, 0.15) is 6.61 Å². The zero-order chi connectivity index (χ0) is 14.2. The molecular weight excluding hydrogens is 258 g/mol. The van der Waals surface area contributed by atoms with Crippen molar-refractivity contribution in [2.45, 2.75) is 6.54 Å². The summed E-state index contributed by atoms with van der Waals surface area (Å²) >= 11 is 0. The maximum atomic E-state index is 12.0. The Bertz CT molecular complexity index is 628. The first-order chi connectivity index (χ1) is 9.81. The molecule has 0 aliphatic rings. The molecule has 0 aliphatic heterocycles. The molecule has 0 fully saturated rings. The Morgan fingerprint density at radius 1 is 1.45 bits per heavy atom. The highest BCUT2D eigenvalue weighted by Gasteiger charge is 2.09. The Balaban J connectivity index is 1.98. The lowest BCUT2D eigenvalue weighted by Crippen LogP contribution is -2.28. The third-order valence-corrected chi connectivity index (χ3v) is 2.47. The SMILES string of the molecule is O=C(NCCn1ccnn1)c1ccncc1C#CCO. The van der Waals surface area contributed by atoms with Crippen molar-refractivity contribution in [3.05, 3.63) is 42.0 Å². The molecule has 2 N–H and O–H groups in total. The first-order valence-electron chi connectivity index (χ1n) is 5.97. The van der Waals surface area contributed by atoms with Gasteiger partial charge in [-0.25, -0.2) is 0 Å². The number of aliphatic hydroxyl groups excluding tert-OH is 1. The van der Waals surface area contributed by atoms with Gasteiger partial charge in [0.05, 0.1) is 23.9 Å². The maximum Gasteiger partial charge on any atom is 0.252 e. The number of aromatic nitrogens is 4. The molecule has 102 valence electrons. The first kappa shape index (κ1) is 13.7. The van der Waals surface area contributed by atoms with Gasteiger partial charge in [0.2, 0.25) is 0 Å². The van der Waals surface area contributed by atoms with E-state index in [-0.39, 0.29) is 12.5 Å². The van der Waals surface area contributed by atoms with E-state index in [4.69, 9.17) is 5.11 Å². The molecule has 2 heterocycles. The van der Waals surface area contributed by atoms with Gasteiger partial charge >= 0.3 is 0 Å². The van der Waals surface area contributed by atoms with Crippen LogP contribution >= 0.6 is 0 Å². The van der Waals surface area contributed by atoms with Crippen LogP contribution in [0.15, 0.2) is 30.9 Å². The topological polar surface area (TPSA) is 92.9 Å². The molecule has 0 aromatic carbocycles. The quantitative estimate of drug-likeness (QED) is 0.728. The Morgan fingerprint density at radius 3 is 3.10 bits per heavy atom. The summed E-state index contributed by atoms with van der Waals surface area (Å²) in [6, 6.07) is 1.59. The van der Waals surface area contributed by atoms with Gasteiger partial charge in [0.25, 0.3) is 5.91 Å². The number of amides is 1. The minimum Gasteiger partial charge on any atom is -0.384 e. The van der Waals surface area contributed by atoms with E-state index in [0.29, 0.717) is 24.2 Å². The average molecular weight is 271 g/mol. The number of carbonyl (C=O) groups excluding carboxylic acids is 1. The van der Waals surface area contributed by atoms with Crippen molar-refractivity contribution in [2.24, 2.45) is 0 Å². The Morgan fingerprint density at radius 2 is 2.35 bits per heavy atom. The monoisotopic (exact) mass is 271 g/mol. The second-order valence-corrected chi connectivity index (χ2v) is 3.80. The molecule has 0 bridgehead atoms. The van der Waals surface area contributed by atoms with Gasteiger partial charge in [-0.15, -0.1) is 5.10 Å². The predicted molar refractivity (Wildman–Crippen MR) is 70.6 cm³/mol. The lowest BCUT2D eigenvalue weighted by atomic mass is 10.1. The normalized spacial score (nSPS) is 9.65. The number of nitrogens with zero attached hydrogens (tertiary/aromatic N) is 4. The van der Waals surface area contributed by atoms with E-state index in [9.17, 15) is 4.79 Å². The molecule has 2 aromatic heterocycles. The third-order valence-electron chi connectivity index (χ3n) is 2.47. The largest absolute Gasteiger partial charge is 0.384 e. The van der Waals surface area contributed by atoms with Crippen molar-refractivity contribution < 1.29 is 9.90 Å². The molecule has 0 spiro atoms. The summed E-state index contributed by atoms with van der Waals surface area (Å²) < 4.78 is 1.62. The van der Waals surface area contributed by atoms with E-state index in [2.05, 4.69) is 32.5 Å². The molecule has 0 radical (unpaired) electrons. The van der Waals surface area contributed by atoms with E-state index in [1.807, 2.05) is 0 Å². The second-order valence-electron chi connectivity index (χ2n) is 3.80. The van der Waals surface area contributed by atoms with Gasteiger partial charge in [-0.3, -0.25) is 14.5 Å². The highest BCUT2D eigenvalue weighted by atomic mass is 16.2. The number of hydrogen-bond donors (Lipinski definition) is 2. The fourth-order valence-corrected chi connectivity index (χ4v) is 1.56. The number of aliphatic hydroxyl groups is 1. The second kappa shape index (κ2) is 7.01.